The number of rotatable bonds is 0. The average Bonchev–Trinajstić information content (AvgIpc) is 2.09. The summed E-state index contributed by atoms with van der Waals surface area (Å²) in [7, 11) is 0. The first-order chi connectivity index (χ1) is 6.05. The molecule has 1 heteroatoms. The molecule has 1 fully saturated rings. The summed E-state index contributed by atoms with van der Waals surface area (Å²) in [6.07, 6.45) is 5.77. The van der Waals surface area contributed by atoms with Gasteiger partial charge >= 0.3 is 0 Å². The Morgan fingerprint density at radius 1 is 1.54 bits per heavy atom. The van der Waals surface area contributed by atoms with Gasteiger partial charge in [-0.2, -0.15) is 0 Å². The van der Waals surface area contributed by atoms with E-state index in [1.54, 1.807) is 0 Å². The lowest BCUT2D eigenvalue weighted by Crippen LogP contribution is -2.48. The molecule has 0 amide bonds. The molecule has 2 aliphatic rings. The third kappa shape index (κ3) is 1.17. The monoisotopic (exact) mass is 180 g/mol. The lowest BCUT2D eigenvalue weighted by molar-refractivity contribution is -0.0528. The first-order valence-electron chi connectivity index (χ1n) is 5.41. The van der Waals surface area contributed by atoms with Crippen molar-refractivity contribution in [3.8, 4) is 0 Å². The molecule has 1 unspecified atom stereocenters. The number of fused-ring (bicyclic) bond motifs is 2. The molecule has 0 radical (unpaired) electrons. The molecule has 0 aliphatic heterocycles. The van der Waals surface area contributed by atoms with Crippen LogP contribution in [-0.4, -0.2) is 11.2 Å². The molecule has 1 N–H and O–H groups in total. The summed E-state index contributed by atoms with van der Waals surface area (Å²) < 4.78 is 0. The SMILES string of the molecule is CC1=CC[C@@H]2C(O)[C@@]1(C)CC[C@@H]2C. The number of allylic oxidation sites excluding steroid dienone is 1. The van der Waals surface area contributed by atoms with Crippen molar-refractivity contribution in [2.75, 3.05) is 0 Å². The molecule has 0 heterocycles. The normalized spacial score (nSPS) is 50.2. The predicted octanol–water partition coefficient (Wildman–Crippen LogP) is 2.75. The molecule has 2 rings (SSSR count). The molecule has 2 aliphatic carbocycles. The van der Waals surface area contributed by atoms with Crippen molar-refractivity contribution in [2.24, 2.45) is 17.3 Å². The van der Waals surface area contributed by atoms with Crippen LogP contribution in [0.25, 0.3) is 0 Å². The van der Waals surface area contributed by atoms with Crippen molar-refractivity contribution >= 4 is 0 Å². The third-order valence-corrected chi connectivity index (χ3v) is 4.51. The van der Waals surface area contributed by atoms with E-state index >= 15 is 0 Å². The van der Waals surface area contributed by atoms with E-state index in [2.05, 4.69) is 26.8 Å². The van der Waals surface area contributed by atoms with Crippen molar-refractivity contribution in [2.45, 2.75) is 46.1 Å². The largest absolute Gasteiger partial charge is 0.392 e. The molecular formula is C12H20O. The zero-order chi connectivity index (χ0) is 9.64. The second-order valence-corrected chi connectivity index (χ2v) is 5.16. The second kappa shape index (κ2) is 2.84. The molecule has 0 aromatic carbocycles. The van der Waals surface area contributed by atoms with Gasteiger partial charge in [0.25, 0.3) is 0 Å². The van der Waals surface area contributed by atoms with Crippen LogP contribution < -0.4 is 0 Å². The smallest absolute Gasteiger partial charge is 0.0664 e. The highest BCUT2D eigenvalue weighted by molar-refractivity contribution is 5.20. The number of hydrogen-bond donors (Lipinski definition) is 1. The molecule has 4 atom stereocenters. The van der Waals surface area contributed by atoms with Crippen LogP contribution in [0.4, 0.5) is 0 Å². The number of aliphatic hydroxyl groups excluding tert-OH is 1. The quantitative estimate of drug-likeness (QED) is 0.568. The Morgan fingerprint density at radius 2 is 2.23 bits per heavy atom. The van der Waals surface area contributed by atoms with E-state index in [1.807, 2.05) is 0 Å². The zero-order valence-electron chi connectivity index (χ0n) is 8.88. The Balaban J connectivity index is 2.35. The highest BCUT2D eigenvalue weighted by atomic mass is 16.3. The number of aliphatic hydroxyl groups is 1. The molecule has 0 aromatic heterocycles. The molecule has 0 aromatic rings. The first kappa shape index (κ1) is 9.26. The summed E-state index contributed by atoms with van der Waals surface area (Å²) in [6.45, 7) is 6.68. The van der Waals surface area contributed by atoms with Gasteiger partial charge in [-0.1, -0.05) is 25.5 Å². The summed E-state index contributed by atoms with van der Waals surface area (Å²) in [6, 6.07) is 0. The molecular weight excluding hydrogens is 160 g/mol. The van der Waals surface area contributed by atoms with Crippen molar-refractivity contribution in [1.29, 1.82) is 0 Å². The van der Waals surface area contributed by atoms with Crippen LogP contribution >= 0.6 is 0 Å². The van der Waals surface area contributed by atoms with Gasteiger partial charge in [0.05, 0.1) is 6.10 Å². The fourth-order valence-corrected chi connectivity index (χ4v) is 3.01. The maximum Gasteiger partial charge on any atom is 0.0664 e. The van der Waals surface area contributed by atoms with Crippen molar-refractivity contribution in [3.63, 3.8) is 0 Å². The van der Waals surface area contributed by atoms with Gasteiger partial charge in [-0.15, -0.1) is 0 Å². The van der Waals surface area contributed by atoms with Gasteiger partial charge in [0.1, 0.15) is 0 Å². The summed E-state index contributed by atoms with van der Waals surface area (Å²) in [5.74, 6) is 1.22. The molecule has 2 bridgehead atoms. The molecule has 0 spiro atoms. The van der Waals surface area contributed by atoms with Gasteiger partial charge in [0, 0.05) is 5.41 Å². The Morgan fingerprint density at radius 3 is 2.92 bits per heavy atom. The maximum absolute atomic E-state index is 10.2. The van der Waals surface area contributed by atoms with Crippen molar-refractivity contribution in [3.05, 3.63) is 11.6 Å². The average molecular weight is 180 g/mol. The third-order valence-electron chi connectivity index (χ3n) is 4.51. The minimum absolute atomic E-state index is 0.0927. The van der Waals surface area contributed by atoms with E-state index in [1.165, 1.54) is 12.0 Å². The zero-order valence-corrected chi connectivity index (χ0v) is 8.88. The summed E-state index contributed by atoms with van der Waals surface area (Å²) >= 11 is 0. The fourth-order valence-electron chi connectivity index (χ4n) is 3.01. The van der Waals surface area contributed by atoms with E-state index in [-0.39, 0.29) is 11.5 Å². The van der Waals surface area contributed by atoms with Crippen LogP contribution in [0.15, 0.2) is 11.6 Å². The van der Waals surface area contributed by atoms with Crippen molar-refractivity contribution in [1.82, 2.24) is 0 Å². The summed E-state index contributed by atoms with van der Waals surface area (Å²) in [4.78, 5) is 0. The van der Waals surface area contributed by atoms with E-state index < -0.39 is 0 Å². The van der Waals surface area contributed by atoms with Crippen molar-refractivity contribution < 1.29 is 5.11 Å². The van der Waals surface area contributed by atoms with E-state index in [4.69, 9.17) is 0 Å². The summed E-state index contributed by atoms with van der Waals surface area (Å²) in [5.41, 5.74) is 1.50. The highest BCUT2D eigenvalue weighted by Gasteiger charge is 2.46. The Hall–Kier alpha value is -0.300. The minimum Gasteiger partial charge on any atom is -0.392 e. The Labute approximate surface area is 80.8 Å². The standard InChI is InChI=1S/C12H20O/c1-8-6-7-12(3)9(2)4-5-10(8)11(12)13/h4,8,10-11,13H,5-7H2,1-3H3/t8-,10-,11?,12-/m0/s1. The van der Waals surface area contributed by atoms with Gasteiger partial charge in [0.2, 0.25) is 0 Å². The highest BCUT2D eigenvalue weighted by Crippen LogP contribution is 2.51. The lowest BCUT2D eigenvalue weighted by Gasteiger charge is -2.50. The Kier molecular flexibility index (Phi) is 2.03. The van der Waals surface area contributed by atoms with Gasteiger partial charge in [0.15, 0.2) is 0 Å². The van der Waals surface area contributed by atoms with Gasteiger partial charge in [-0.05, 0) is 38.0 Å². The molecule has 74 valence electrons. The Bertz CT molecular complexity index is 244. The van der Waals surface area contributed by atoms with Gasteiger partial charge < -0.3 is 5.11 Å². The molecule has 1 saturated carbocycles. The van der Waals surface area contributed by atoms with E-state index in [9.17, 15) is 5.11 Å². The minimum atomic E-state index is -0.0961. The van der Waals surface area contributed by atoms with E-state index in [0.29, 0.717) is 11.8 Å². The van der Waals surface area contributed by atoms with E-state index in [0.717, 1.165) is 12.8 Å². The topological polar surface area (TPSA) is 20.2 Å². The van der Waals surface area contributed by atoms with Crippen LogP contribution in [0.5, 0.6) is 0 Å². The summed E-state index contributed by atoms with van der Waals surface area (Å²) in [5, 5.41) is 10.2. The molecule has 0 saturated heterocycles. The molecule has 1 nitrogen and oxygen atoms in total. The van der Waals surface area contributed by atoms with Crippen LogP contribution in [0.2, 0.25) is 0 Å². The predicted molar refractivity (Wildman–Crippen MR) is 54.4 cm³/mol. The molecule has 13 heavy (non-hydrogen) atoms. The first-order valence-corrected chi connectivity index (χ1v) is 5.41. The maximum atomic E-state index is 10.2. The van der Waals surface area contributed by atoms with Crippen LogP contribution in [0.3, 0.4) is 0 Å². The van der Waals surface area contributed by atoms with Gasteiger partial charge in [-0.3, -0.25) is 0 Å². The van der Waals surface area contributed by atoms with Crippen LogP contribution in [0, 0.1) is 17.3 Å². The van der Waals surface area contributed by atoms with Gasteiger partial charge in [-0.25, -0.2) is 0 Å². The number of hydrogen-bond acceptors (Lipinski definition) is 1. The lowest BCUT2D eigenvalue weighted by atomic mass is 9.58. The fraction of sp³-hybridized carbons (Fsp3) is 0.833. The van der Waals surface area contributed by atoms with Crippen LogP contribution in [-0.2, 0) is 0 Å². The van der Waals surface area contributed by atoms with Crippen LogP contribution in [0.1, 0.15) is 40.0 Å². The second-order valence-electron chi connectivity index (χ2n) is 5.16.